The first kappa shape index (κ1) is 21.2. The summed E-state index contributed by atoms with van der Waals surface area (Å²) in [7, 11) is 2.08. The molecule has 0 radical (unpaired) electrons. The van der Waals surface area contributed by atoms with Gasteiger partial charge < -0.3 is 20.7 Å². The molecule has 2 aromatic rings. The molecule has 5 nitrogen and oxygen atoms in total. The van der Waals surface area contributed by atoms with Gasteiger partial charge in [-0.25, -0.2) is 0 Å². The molecule has 6 heteroatoms. The third-order valence-corrected chi connectivity index (χ3v) is 3.70. The van der Waals surface area contributed by atoms with Crippen LogP contribution in [0.3, 0.4) is 0 Å². The molecular weight excluding hydrogens is 427 g/mol. The van der Waals surface area contributed by atoms with E-state index in [0.717, 1.165) is 23.7 Å². The predicted molar refractivity (Wildman–Crippen MR) is 116 cm³/mol. The largest absolute Gasteiger partial charge is 0.457 e. The fourth-order valence-corrected chi connectivity index (χ4v) is 2.04. The Morgan fingerprint density at radius 1 is 1.12 bits per heavy atom. The number of nitrogens with two attached hydrogens (primary N) is 1. The van der Waals surface area contributed by atoms with Gasteiger partial charge in [-0.15, -0.1) is 24.0 Å². The minimum absolute atomic E-state index is 0. The Morgan fingerprint density at radius 3 is 2.48 bits per heavy atom. The van der Waals surface area contributed by atoms with E-state index in [2.05, 4.69) is 36.1 Å². The van der Waals surface area contributed by atoms with Crippen LogP contribution < -0.4 is 15.8 Å². The summed E-state index contributed by atoms with van der Waals surface area (Å²) in [5, 5.41) is 3.10. The Morgan fingerprint density at radius 2 is 1.80 bits per heavy atom. The highest BCUT2D eigenvalue weighted by Gasteiger charge is 2.03. The number of hydrogen-bond donors (Lipinski definition) is 2. The normalized spacial score (nSPS) is 11.3. The number of nitrogens with one attached hydrogen (secondary N) is 1. The highest BCUT2D eigenvalue weighted by Crippen LogP contribution is 2.23. The maximum atomic E-state index is 5.95. The van der Waals surface area contributed by atoms with Gasteiger partial charge in [-0.1, -0.05) is 24.3 Å². The van der Waals surface area contributed by atoms with E-state index in [-0.39, 0.29) is 24.0 Å². The molecule has 0 aliphatic rings. The van der Waals surface area contributed by atoms with Crippen LogP contribution in [0.4, 0.5) is 5.69 Å². The fraction of sp³-hybridized carbons (Fsp3) is 0.316. The summed E-state index contributed by atoms with van der Waals surface area (Å²) in [6.07, 6.45) is 0. The van der Waals surface area contributed by atoms with Crippen LogP contribution in [0.25, 0.3) is 0 Å². The van der Waals surface area contributed by atoms with Crippen LogP contribution in [0.15, 0.2) is 59.6 Å². The minimum atomic E-state index is 0. The Bertz CT molecular complexity index is 661. The third kappa shape index (κ3) is 7.74. The van der Waals surface area contributed by atoms with E-state index < -0.39 is 0 Å². The summed E-state index contributed by atoms with van der Waals surface area (Å²) in [6.45, 7) is 5.85. The second-order valence-corrected chi connectivity index (χ2v) is 5.91. The van der Waals surface area contributed by atoms with E-state index in [1.165, 1.54) is 0 Å². The Labute approximate surface area is 167 Å². The predicted octanol–water partition coefficient (Wildman–Crippen LogP) is 4.16. The van der Waals surface area contributed by atoms with Crippen molar-refractivity contribution < 1.29 is 4.74 Å². The maximum absolute atomic E-state index is 5.95. The summed E-state index contributed by atoms with van der Waals surface area (Å²) in [5.41, 5.74) is 6.80. The number of para-hydroxylation sites is 1. The number of ether oxygens (including phenoxy) is 1. The third-order valence-electron chi connectivity index (χ3n) is 3.70. The van der Waals surface area contributed by atoms with E-state index in [9.17, 15) is 0 Å². The summed E-state index contributed by atoms with van der Waals surface area (Å²) < 4.78 is 5.81. The lowest BCUT2D eigenvalue weighted by Gasteiger charge is -2.19. The van der Waals surface area contributed by atoms with Gasteiger partial charge in [-0.2, -0.15) is 0 Å². The maximum Gasteiger partial charge on any atom is 0.193 e. The summed E-state index contributed by atoms with van der Waals surface area (Å²) in [5.74, 6) is 1.95. The number of halogens is 1. The number of guanidine groups is 1. The fourth-order valence-electron chi connectivity index (χ4n) is 2.04. The van der Waals surface area contributed by atoms with Gasteiger partial charge in [-0.05, 0) is 45.2 Å². The molecule has 136 valence electrons. The lowest BCUT2D eigenvalue weighted by atomic mass is 10.3. The molecule has 0 amide bonds. The molecule has 0 aliphatic carbocycles. The summed E-state index contributed by atoms with van der Waals surface area (Å²) >= 11 is 0. The van der Waals surface area contributed by atoms with Crippen LogP contribution >= 0.6 is 24.0 Å². The van der Waals surface area contributed by atoms with Crippen molar-refractivity contribution in [3.05, 3.63) is 54.6 Å². The second kappa shape index (κ2) is 10.9. The van der Waals surface area contributed by atoms with Gasteiger partial charge in [0.15, 0.2) is 5.96 Å². The lowest BCUT2D eigenvalue weighted by molar-refractivity contribution is 0.282. The van der Waals surface area contributed by atoms with Crippen LogP contribution in [-0.2, 0) is 0 Å². The number of rotatable bonds is 7. The van der Waals surface area contributed by atoms with E-state index in [4.69, 9.17) is 10.5 Å². The molecule has 3 N–H and O–H groups in total. The van der Waals surface area contributed by atoms with Crippen LogP contribution in [0.2, 0.25) is 0 Å². The topological polar surface area (TPSA) is 62.9 Å². The zero-order chi connectivity index (χ0) is 17.4. The number of anilines is 1. The summed E-state index contributed by atoms with van der Waals surface area (Å²) in [6, 6.07) is 17.8. The van der Waals surface area contributed by atoms with E-state index in [1.807, 2.05) is 54.6 Å². The number of hydrogen-bond acceptors (Lipinski definition) is 3. The van der Waals surface area contributed by atoms with Gasteiger partial charge >= 0.3 is 0 Å². The Kier molecular flexibility index (Phi) is 9.30. The average molecular weight is 454 g/mol. The Balaban J connectivity index is 0.00000312. The zero-order valence-corrected chi connectivity index (χ0v) is 17.3. The van der Waals surface area contributed by atoms with Crippen LogP contribution in [0.1, 0.15) is 13.8 Å². The van der Waals surface area contributed by atoms with Crippen molar-refractivity contribution in [2.75, 3.05) is 25.5 Å². The molecule has 0 saturated carbocycles. The van der Waals surface area contributed by atoms with Crippen molar-refractivity contribution in [1.29, 1.82) is 0 Å². The second-order valence-electron chi connectivity index (χ2n) is 5.91. The quantitative estimate of drug-likeness (QED) is 0.375. The monoisotopic (exact) mass is 454 g/mol. The molecule has 2 aromatic carbocycles. The standard InChI is InChI=1S/C19H26N4O.HI/c1-15(2)23(3)13-12-21-19(20)22-16-8-7-11-18(14-16)24-17-9-5-4-6-10-17;/h4-11,14-15H,12-13H2,1-3H3,(H3,20,21,22);1H. The molecule has 0 fully saturated rings. The van der Waals surface area contributed by atoms with Crippen LogP contribution in [0, 0.1) is 0 Å². The van der Waals surface area contributed by atoms with Crippen molar-refractivity contribution in [1.82, 2.24) is 4.90 Å². The first-order chi connectivity index (χ1) is 11.5. The molecule has 0 bridgehead atoms. The number of aliphatic imine (C=N–C) groups is 1. The van der Waals surface area contributed by atoms with Crippen LogP contribution in [0.5, 0.6) is 11.5 Å². The van der Waals surface area contributed by atoms with E-state index >= 15 is 0 Å². The van der Waals surface area contributed by atoms with E-state index in [1.54, 1.807) is 0 Å². The van der Waals surface area contributed by atoms with Gasteiger partial charge in [0.1, 0.15) is 11.5 Å². The van der Waals surface area contributed by atoms with Gasteiger partial charge in [0, 0.05) is 24.3 Å². The molecular formula is C19H27IN4O. The Hall–Kier alpha value is -1.80. The molecule has 0 aromatic heterocycles. The first-order valence-electron chi connectivity index (χ1n) is 8.15. The number of likely N-dealkylation sites (N-methyl/N-ethyl adjacent to an activating group) is 1. The zero-order valence-electron chi connectivity index (χ0n) is 15.0. The molecule has 0 unspecified atom stereocenters. The van der Waals surface area contributed by atoms with Crippen molar-refractivity contribution >= 4 is 35.6 Å². The molecule has 2 rings (SSSR count). The first-order valence-corrected chi connectivity index (χ1v) is 8.15. The van der Waals surface area contributed by atoms with Crippen molar-refractivity contribution in [2.45, 2.75) is 19.9 Å². The highest BCUT2D eigenvalue weighted by atomic mass is 127. The molecule has 25 heavy (non-hydrogen) atoms. The smallest absolute Gasteiger partial charge is 0.193 e. The molecule has 0 saturated heterocycles. The van der Waals surface area contributed by atoms with Crippen molar-refractivity contribution in [2.24, 2.45) is 10.7 Å². The molecule has 0 atom stereocenters. The van der Waals surface area contributed by atoms with E-state index in [0.29, 0.717) is 18.5 Å². The summed E-state index contributed by atoms with van der Waals surface area (Å²) in [4.78, 5) is 6.58. The molecule has 0 spiro atoms. The lowest BCUT2D eigenvalue weighted by Crippen LogP contribution is -2.30. The van der Waals surface area contributed by atoms with Gasteiger partial charge in [0.2, 0.25) is 0 Å². The highest BCUT2D eigenvalue weighted by molar-refractivity contribution is 14.0. The molecule has 0 heterocycles. The van der Waals surface area contributed by atoms with Crippen molar-refractivity contribution in [3.8, 4) is 11.5 Å². The molecule has 0 aliphatic heterocycles. The minimum Gasteiger partial charge on any atom is -0.457 e. The number of benzene rings is 2. The number of nitrogens with zero attached hydrogens (tertiary/aromatic N) is 2. The average Bonchev–Trinajstić information content (AvgIpc) is 2.56. The van der Waals surface area contributed by atoms with Gasteiger partial charge in [0.25, 0.3) is 0 Å². The van der Waals surface area contributed by atoms with Crippen LogP contribution in [-0.4, -0.2) is 37.0 Å². The van der Waals surface area contributed by atoms with Gasteiger partial charge in [-0.3, -0.25) is 4.99 Å². The SMILES string of the molecule is CC(C)N(C)CCN=C(N)Nc1cccc(Oc2ccccc2)c1.I. The van der Waals surface area contributed by atoms with Crippen molar-refractivity contribution in [3.63, 3.8) is 0 Å². The van der Waals surface area contributed by atoms with Gasteiger partial charge in [0.05, 0.1) is 6.54 Å².